The number of hydrogen-bond acceptors (Lipinski definition) is 4. The molecule has 1 aromatic rings. The molecule has 2 rings (SSSR count). The van der Waals surface area contributed by atoms with Crippen LogP contribution in [-0.2, 0) is 10.0 Å². The standard InChI is InChI=1S/C10H12BrF3N2O2S2/c1-6-8(11)19-9(15-6)20(17,18)16-4-2-7(3-5-16)10(12,13)14/h7H,2-5H2,1H3. The molecular weight excluding hydrogens is 381 g/mol. The van der Waals surface area contributed by atoms with E-state index in [9.17, 15) is 21.6 Å². The zero-order valence-electron chi connectivity index (χ0n) is 10.4. The quantitative estimate of drug-likeness (QED) is 0.776. The van der Waals surface area contributed by atoms with Crippen molar-refractivity contribution in [2.75, 3.05) is 13.1 Å². The Bertz CT molecular complexity index is 573. The molecule has 0 aliphatic carbocycles. The van der Waals surface area contributed by atoms with Crippen LogP contribution in [0.25, 0.3) is 0 Å². The summed E-state index contributed by atoms with van der Waals surface area (Å²) in [6.45, 7) is 1.42. The van der Waals surface area contributed by atoms with Crippen molar-refractivity contribution in [1.29, 1.82) is 0 Å². The van der Waals surface area contributed by atoms with Gasteiger partial charge in [0.05, 0.1) is 15.4 Å². The van der Waals surface area contributed by atoms with Crippen molar-refractivity contribution in [3.63, 3.8) is 0 Å². The van der Waals surface area contributed by atoms with E-state index in [-0.39, 0.29) is 30.3 Å². The van der Waals surface area contributed by atoms with Gasteiger partial charge in [0.1, 0.15) is 0 Å². The fourth-order valence-corrected chi connectivity index (χ4v) is 5.55. The summed E-state index contributed by atoms with van der Waals surface area (Å²) in [5, 5.41) is 0. The molecule has 0 radical (unpaired) electrons. The molecule has 0 spiro atoms. The number of aryl methyl sites for hydroxylation is 1. The number of thiazole rings is 1. The highest BCUT2D eigenvalue weighted by Crippen LogP contribution is 2.36. The topological polar surface area (TPSA) is 50.3 Å². The van der Waals surface area contributed by atoms with Crippen LogP contribution >= 0.6 is 27.3 Å². The highest BCUT2D eigenvalue weighted by atomic mass is 79.9. The summed E-state index contributed by atoms with van der Waals surface area (Å²) in [4.78, 5) is 3.94. The van der Waals surface area contributed by atoms with E-state index < -0.39 is 22.1 Å². The second kappa shape index (κ2) is 5.54. The molecule has 1 fully saturated rings. The zero-order chi connectivity index (χ0) is 15.1. The van der Waals surface area contributed by atoms with Crippen molar-refractivity contribution in [3.05, 3.63) is 9.48 Å². The third kappa shape index (κ3) is 3.18. The summed E-state index contributed by atoms with van der Waals surface area (Å²) in [6.07, 6.45) is -4.65. The number of nitrogens with zero attached hydrogens (tertiary/aromatic N) is 2. The van der Waals surface area contributed by atoms with E-state index in [0.29, 0.717) is 9.48 Å². The summed E-state index contributed by atoms with van der Waals surface area (Å²) >= 11 is 4.17. The first kappa shape index (κ1) is 16.2. The average Bonchev–Trinajstić information content (AvgIpc) is 2.69. The maximum Gasteiger partial charge on any atom is 0.391 e. The molecule has 0 aromatic carbocycles. The van der Waals surface area contributed by atoms with Crippen LogP contribution in [0.3, 0.4) is 0 Å². The monoisotopic (exact) mass is 392 g/mol. The van der Waals surface area contributed by atoms with Gasteiger partial charge in [-0.25, -0.2) is 13.4 Å². The molecule has 20 heavy (non-hydrogen) atoms. The maximum atomic E-state index is 12.6. The molecule has 0 saturated carbocycles. The van der Waals surface area contributed by atoms with Gasteiger partial charge in [0.2, 0.25) is 4.34 Å². The lowest BCUT2D eigenvalue weighted by Gasteiger charge is -2.31. The van der Waals surface area contributed by atoms with Crippen LogP contribution in [-0.4, -0.2) is 37.0 Å². The molecule has 10 heteroatoms. The maximum absolute atomic E-state index is 12.6. The minimum atomic E-state index is -4.25. The lowest BCUT2D eigenvalue weighted by Crippen LogP contribution is -2.42. The number of alkyl halides is 3. The number of sulfonamides is 1. The highest BCUT2D eigenvalue weighted by molar-refractivity contribution is 9.11. The van der Waals surface area contributed by atoms with E-state index in [1.807, 2.05) is 0 Å². The van der Waals surface area contributed by atoms with Crippen molar-refractivity contribution in [2.24, 2.45) is 5.92 Å². The molecule has 1 aliphatic rings. The van der Waals surface area contributed by atoms with Gasteiger partial charge in [0, 0.05) is 13.1 Å². The van der Waals surface area contributed by atoms with Crippen molar-refractivity contribution >= 4 is 37.3 Å². The zero-order valence-corrected chi connectivity index (χ0v) is 13.7. The molecule has 1 aliphatic heterocycles. The molecular formula is C10H12BrF3N2O2S2. The molecule has 114 valence electrons. The summed E-state index contributed by atoms with van der Waals surface area (Å²) in [6, 6.07) is 0. The Morgan fingerprint density at radius 2 is 1.90 bits per heavy atom. The van der Waals surface area contributed by atoms with Crippen LogP contribution in [0.2, 0.25) is 0 Å². The average molecular weight is 393 g/mol. The second-order valence-electron chi connectivity index (χ2n) is 4.56. The fourth-order valence-electron chi connectivity index (χ4n) is 2.00. The largest absolute Gasteiger partial charge is 0.391 e. The molecule has 0 bridgehead atoms. The minimum Gasteiger partial charge on any atom is -0.228 e. The van der Waals surface area contributed by atoms with Gasteiger partial charge in [-0.2, -0.15) is 17.5 Å². The first-order chi connectivity index (χ1) is 9.12. The molecule has 0 amide bonds. The predicted molar refractivity (Wildman–Crippen MR) is 72.1 cm³/mol. The van der Waals surface area contributed by atoms with Crippen LogP contribution in [0.1, 0.15) is 18.5 Å². The van der Waals surface area contributed by atoms with Crippen LogP contribution in [0.15, 0.2) is 8.13 Å². The molecule has 4 nitrogen and oxygen atoms in total. The van der Waals surface area contributed by atoms with Gasteiger partial charge in [-0.15, -0.1) is 0 Å². The smallest absolute Gasteiger partial charge is 0.228 e. The lowest BCUT2D eigenvalue weighted by atomic mass is 9.98. The van der Waals surface area contributed by atoms with Crippen LogP contribution in [0, 0.1) is 12.8 Å². The van der Waals surface area contributed by atoms with Gasteiger partial charge in [-0.1, -0.05) is 11.3 Å². The van der Waals surface area contributed by atoms with E-state index in [2.05, 4.69) is 20.9 Å². The molecule has 1 saturated heterocycles. The Balaban J connectivity index is 2.13. The van der Waals surface area contributed by atoms with Crippen LogP contribution in [0.4, 0.5) is 13.2 Å². The van der Waals surface area contributed by atoms with Crippen LogP contribution < -0.4 is 0 Å². The van der Waals surface area contributed by atoms with E-state index >= 15 is 0 Å². The first-order valence-electron chi connectivity index (χ1n) is 5.82. The van der Waals surface area contributed by atoms with Crippen molar-refractivity contribution in [3.8, 4) is 0 Å². The Kier molecular flexibility index (Phi) is 4.49. The van der Waals surface area contributed by atoms with Crippen molar-refractivity contribution in [2.45, 2.75) is 30.3 Å². The second-order valence-corrected chi connectivity index (χ2v) is 8.99. The molecule has 0 atom stereocenters. The summed E-state index contributed by atoms with van der Waals surface area (Å²) < 4.78 is 63.9. The van der Waals surface area contributed by atoms with E-state index in [1.54, 1.807) is 6.92 Å². The van der Waals surface area contributed by atoms with Crippen molar-refractivity contribution in [1.82, 2.24) is 9.29 Å². The Hall–Kier alpha value is -0.190. The van der Waals surface area contributed by atoms with Gasteiger partial charge >= 0.3 is 6.18 Å². The van der Waals surface area contributed by atoms with Crippen molar-refractivity contribution < 1.29 is 21.6 Å². The number of aromatic nitrogens is 1. The van der Waals surface area contributed by atoms with E-state index in [0.717, 1.165) is 15.6 Å². The summed E-state index contributed by atoms with van der Waals surface area (Å²) in [7, 11) is -3.79. The number of halogens is 4. The Morgan fingerprint density at radius 1 is 1.35 bits per heavy atom. The van der Waals surface area contributed by atoms with Gasteiger partial charge in [0.25, 0.3) is 10.0 Å². The van der Waals surface area contributed by atoms with Gasteiger partial charge in [0.15, 0.2) is 0 Å². The molecule has 2 heterocycles. The SMILES string of the molecule is Cc1nc(S(=O)(=O)N2CCC(C(F)(F)F)CC2)sc1Br. The molecule has 1 aromatic heterocycles. The highest BCUT2D eigenvalue weighted by Gasteiger charge is 2.43. The third-order valence-electron chi connectivity index (χ3n) is 3.20. The van der Waals surface area contributed by atoms with Gasteiger partial charge in [-0.3, -0.25) is 0 Å². The summed E-state index contributed by atoms with van der Waals surface area (Å²) in [5.41, 5.74) is 0.554. The summed E-state index contributed by atoms with van der Waals surface area (Å²) in [5.74, 6) is -1.42. The number of hydrogen-bond donors (Lipinski definition) is 0. The number of rotatable bonds is 2. The first-order valence-corrected chi connectivity index (χ1v) is 8.87. The fraction of sp³-hybridized carbons (Fsp3) is 0.700. The van der Waals surface area contributed by atoms with Gasteiger partial charge in [-0.05, 0) is 35.7 Å². The molecule has 0 N–H and O–H groups in total. The normalized spacial score (nSPS) is 19.4. The minimum absolute atomic E-state index is 0.0765. The van der Waals surface area contributed by atoms with E-state index in [1.165, 1.54) is 0 Å². The van der Waals surface area contributed by atoms with E-state index in [4.69, 9.17) is 0 Å². The lowest BCUT2D eigenvalue weighted by molar-refractivity contribution is -0.182. The third-order valence-corrected chi connectivity index (χ3v) is 7.46. The van der Waals surface area contributed by atoms with Crippen LogP contribution in [0.5, 0.6) is 0 Å². The Morgan fingerprint density at radius 3 is 2.30 bits per heavy atom. The predicted octanol–water partition coefficient (Wildman–Crippen LogP) is 3.18. The molecule has 0 unspecified atom stereocenters. The number of piperidine rings is 1. The Labute approximate surface area is 127 Å². The van der Waals surface area contributed by atoms with Gasteiger partial charge < -0.3 is 0 Å².